The van der Waals surface area contributed by atoms with Crippen molar-refractivity contribution < 1.29 is 0 Å². The predicted octanol–water partition coefficient (Wildman–Crippen LogP) is 2.05. The standard InChI is InChI=1S/C12H12N2/c1-3-6-7-4-2-5(1)8-9(6)12-10(7)11(8)13-14-12/h1-12H/t5-,6+,7-,8-,9-,10+,11-,12-/m1/s1. The third kappa shape index (κ3) is 0.449. The average molecular weight is 184 g/mol. The third-order valence-electron chi connectivity index (χ3n) is 5.24. The Balaban J connectivity index is 1.87. The first-order chi connectivity index (χ1) is 6.95. The topological polar surface area (TPSA) is 24.7 Å². The summed E-state index contributed by atoms with van der Waals surface area (Å²) in [6.07, 6.45) is 9.81. The molecule has 7 rings (SSSR count). The number of allylic oxidation sites excluding steroid dienone is 4. The van der Waals surface area contributed by atoms with Gasteiger partial charge in [0.2, 0.25) is 0 Å². The van der Waals surface area contributed by atoms with E-state index in [4.69, 9.17) is 0 Å². The van der Waals surface area contributed by atoms with Gasteiger partial charge in [-0.15, -0.1) is 0 Å². The van der Waals surface area contributed by atoms with Crippen LogP contribution in [0.1, 0.15) is 0 Å². The van der Waals surface area contributed by atoms with Crippen LogP contribution in [0.25, 0.3) is 0 Å². The number of hydrogen-bond donors (Lipinski definition) is 0. The minimum atomic E-state index is 0.580. The van der Waals surface area contributed by atoms with E-state index in [0.29, 0.717) is 18.0 Å². The van der Waals surface area contributed by atoms with Gasteiger partial charge >= 0.3 is 0 Å². The number of hydrogen-bond acceptors (Lipinski definition) is 2. The summed E-state index contributed by atoms with van der Waals surface area (Å²) >= 11 is 0. The van der Waals surface area contributed by atoms with Crippen molar-refractivity contribution >= 4 is 0 Å². The predicted molar refractivity (Wildman–Crippen MR) is 51.7 cm³/mol. The maximum Gasteiger partial charge on any atom is 0.0803 e. The highest BCUT2D eigenvalue weighted by Crippen LogP contribution is 2.66. The molecule has 70 valence electrons. The largest absolute Gasteiger partial charge is 0.190 e. The Hall–Kier alpha value is -0.920. The van der Waals surface area contributed by atoms with Gasteiger partial charge in [0.1, 0.15) is 0 Å². The van der Waals surface area contributed by atoms with E-state index in [1.54, 1.807) is 0 Å². The van der Waals surface area contributed by atoms with E-state index >= 15 is 0 Å². The summed E-state index contributed by atoms with van der Waals surface area (Å²) in [5.74, 6) is 4.69. The Morgan fingerprint density at radius 2 is 1.29 bits per heavy atom. The lowest BCUT2D eigenvalue weighted by atomic mass is 9.66. The molecule has 1 aliphatic heterocycles. The lowest BCUT2D eigenvalue weighted by molar-refractivity contribution is 0.164. The second-order valence-corrected chi connectivity index (χ2v) is 5.45. The highest BCUT2D eigenvalue weighted by Gasteiger charge is 2.68. The Morgan fingerprint density at radius 3 is 2.07 bits per heavy atom. The first-order valence-corrected chi connectivity index (χ1v) is 5.72. The van der Waals surface area contributed by atoms with E-state index in [1.165, 1.54) is 0 Å². The molecule has 6 aliphatic carbocycles. The fraction of sp³-hybridized carbons (Fsp3) is 0.667. The number of rotatable bonds is 0. The summed E-state index contributed by atoms with van der Waals surface area (Å²) in [6, 6.07) is 1.17. The van der Waals surface area contributed by atoms with Crippen LogP contribution in [0, 0.1) is 35.5 Å². The molecule has 2 heteroatoms. The lowest BCUT2D eigenvalue weighted by Crippen LogP contribution is -2.39. The maximum absolute atomic E-state index is 4.50. The molecule has 0 unspecified atom stereocenters. The Labute approximate surface area is 82.8 Å². The van der Waals surface area contributed by atoms with Crippen LogP contribution >= 0.6 is 0 Å². The van der Waals surface area contributed by atoms with Crippen LogP contribution in [0.3, 0.4) is 0 Å². The van der Waals surface area contributed by atoms with Gasteiger partial charge in [0.15, 0.2) is 0 Å². The molecule has 14 heavy (non-hydrogen) atoms. The van der Waals surface area contributed by atoms with Crippen molar-refractivity contribution in [2.45, 2.75) is 12.1 Å². The van der Waals surface area contributed by atoms with E-state index < -0.39 is 0 Å². The van der Waals surface area contributed by atoms with Crippen molar-refractivity contribution in [2.75, 3.05) is 0 Å². The zero-order chi connectivity index (χ0) is 8.86. The molecule has 0 saturated heterocycles. The summed E-state index contributed by atoms with van der Waals surface area (Å²) in [5, 5.41) is 8.99. The summed E-state index contributed by atoms with van der Waals surface area (Å²) in [4.78, 5) is 0. The summed E-state index contributed by atoms with van der Waals surface area (Å²) < 4.78 is 0. The molecular formula is C12H12N2. The van der Waals surface area contributed by atoms with E-state index in [-0.39, 0.29) is 0 Å². The first kappa shape index (κ1) is 6.54. The Morgan fingerprint density at radius 1 is 0.643 bits per heavy atom. The second-order valence-electron chi connectivity index (χ2n) is 5.45. The highest BCUT2D eigenvalue weighted by atomic mass is 15.2. The fourth-order valence-electron chi connectivity index (χ4n) is 4.92. The normalized spacial score (nSPS) is 68.6. The zero-order valence-corrected chi connectivity index (χ0v) is 7.82. The average Bonchev–Trinajstić information content (AvgIpc) is 2.71. The Kier molecular flexibility index (Phi) is 0.820. The quantitative estimate of drug-likeness (QED) is 0.515. The van der Waals surface area contributed by atoms with E-state index in [0.717, 1.165) is 29.6 Å². The SMILES string of the molecule is C1=C[C@@H]2[C@@H]3C=C[C@H]1[C@H]1[C@H]4N=N[C@@H]([C@@H]24)[C@H]31. The molecule has 0 spiro atoms. The van der Waals surface area contributed by atoms with E-state index in [1.807, 2.05) is 0 Å². The van der Waals surface area contributed by atoms with Crippen LogP contribution in [-0.2, 0) is 0 Å². The van der Waals surface area contributed by atoms with Gasteiger partial charge in [-0.1, -0.05) is 24.3 Å². The van der Waals surface area contributed by atoms with Crippen LogP contribution < -0.4 is 0 Å². The first-order valence-electron chi connectivity index (χ1n) is 5.72. The van der Waals surface area contributed by atoms with Crippen molar-refractivity contribution in [1.29, 1.82) is 0 Å². The molecule has 8 bridgehead atoms. The van der Waals surface area contributed by atoms with E-state index in [2.05, 4.69) is 34.5 Å². The molecule has 2 fully saturated rings. The van der Waals surface area contributed by atoms with Gasteiger partial charge in [-0.25, -0.2) is 0 Å². The van der Waals surface area contributed by atoms with Crippen molar-refractivity contribution in [3.8, 4) is 0 Å². The minimum absolute atomic E-state index is 0.580. The zero-order valence-electron chi connectivity index (χ0n) is 7.82. The molecule has 2 saturated carbocycles. The van der Waals surface area contributed by atoms with Crippen molar-refractivity contribution in [3.63, 3.8) is 0 Å². The van der Waals surface area contributed by atoms with Crippen LogP contribution in [0.2, 0.25) is 0 Å². The van der Waals surface area contributed by atoms with Gasteiger partial charge in [-0.05, 0) is 29.6 Å². The molecule has 1 heterocycles. The molecule has 0 aromatic rings. The van der Waals surface area contributed by atoms with Crippen molar-refractivity contribution in [2.24, 2.45) is 45.7 Å². The van der Waals surface area contributed by atoms with Gasteiger partial charge in [-0.2, -0.15) is 10.2 Å². The van der Waals surface area contributed by atoms with Gasteiger partial charge in [0, 0.05) is 5.92 Å². The van der Waals surface area contributed by atoms with Crippen LogP contribution in [0.5, 0.6) is 0 Å². The highest BCUT2D eigenvalue weighted by molar-refractivity contribution is 5.34. The molecule has 0 N–H and O–H groups in total. The fourth-order valence-corrected chi connectivity index (χ4v) is 4.92. The van der Waals surface area contributed by atoms with Crippen molar-refractivity contribution in [1.82, 2.24) is 0 Å². The monoisotopic (exact) mass is 184 g/mol. The van der Waals surface area contributed by atoms with Crippen LogP contribution in [0.15, 0.2) is 34.5 Å². The molecule has 7 aliphatic rings. The Bertz CT molecular complexity index is 409. The van der Waals surface area contributed by atoms with Crippen LogP contribution in [-0.4, -0.2) is 12.1 Å². The molecule has 0 aromatic carbocycles. The molecule has 0 amide bonds. The molecule has 0 aromatic heterocycles. The second kappa shape index (κ2) is 1.75. The lowest BCUT2D eigenvalue weighted by Gasteiger charge is -2.39. The summed E-state index contributed by atoms with van der Waals surface area (Å²) in [7, 11) is 0. The third-order valence-corrected chi connectivity index (χ3v) is 5.24. The van der Waals surface area contributed by atoms with Gasteiger partial charge < -0.3 is 0 Å². The maximum atomic E-state index is 4.50. The van der Waals surface area contributed by atoms with Crippen molar-refractivity contribution in [3.05, 3.63) is 24.3 Å². The molecule has 2 nitrogen and oxygen atoms in total. The van der Waals surface area contributed by atoms with Crippen LogP contribution in [0.4, 0.5) is 0 Å². The smallest absolute Gasteiger partial charge is 0.0803 e. The van der Waals surface area contributed by atoms with Gasteiger partial charge in [0.25, 0.3) is 0 Å². The molecule has 8 atom stereocenters. The van der Waals surface area contributed by atoms with Gasteiger partial charge in [0.05, 0.1) is 12.1 Å². The molecular weight excluding hydrogens is 172 g/mol. The summed E-state index contributed by atoms with van der Waals surface area (Å²) in [6.45, 7) is 0. The molecule has 0 radical (unpaired) electrons. The summed E-state index contributed by atoms with van der Waals surface area (Å²) in [5.41, 5.74) is 0. The minimum Gasteiger partial charge on any atom is -0.190 e. The van der Waals surface area contributed by atoms with E-state index in [9.17, 15) is 0 Å². The number of nitrogens with zero attached hydrogens (tertiary/aromatic N) is 2. The van der Waals surface area contributed by atoms with Gasteiger partial charge in [-0.3, -0.25) is 0 Å². The number of azo groups is 1.